The summed E-state index contributed by atoms with van der Waals surface area (Å²) in [6, 6.07) is 6.53. The van der Waals surface area contributed by atoms with Gasteiger partial charge in [-0.1, -0.05) is 12.1 Å². The SMILES string of the molecule is O=[C]C(O)CCN1C(=O)c2ccccc2C1=O. The Morgan fingerprint density at radius 3 is 2.18 bits per heavy atom. The number of aliphatic hydroxyl groups excluding tert-OH is 1. The molecule has 2 amide bonds. The van der Waals surface area contributed by atoms with Crippen molar-refractivity contribution >= 4 is 18.1 Å². The highest BCUT2D eigenvalue weighted by atomic mass is 16.3. The normalized spacial score (nSPS) is 15.9. The van der Waals surface area contributed by atoms with E-state index in [0.29, 0.717) is 11.1 Å². The zero-order valence-electron chi connectivity index (χ0n) is 8.92. The lowest BCUT2D eigenvalue weighted by Crippen LogP contribution is -2.32. The lowest BCUT2D eigenvalue weighted by molar-refractivity contribution is 0.0637. The number of carbonyl (C=O) groups is 2. The Bertz CT molecular complexity index is 448. The van der Waals surface area contributed by atoms with Gasteiger partial charge in [-0.3, -0.25) is 19.3 Å². The van der Waals surface area contributed by atoms with E-state index in [1.807, 2.05) is 0 Å². The molecule has 1 unspecified atom stereocenters. The summed E-state index contributed by atoms with van der Waals surface area (Å²) in [7, 11) is 0. The van der Waals surface area contributed by atoms with Crippen LogP contribution in [-0.2, 0) is 4.79 Å². The van der Waals surface area contributed by atoms with Crippen LogP contribution in [0.2, 0.25) is 0 Å². The fraction of sp³-hybridized carbons (Fsp3) is 0.250. The molecule has 5 nitrogen and oxygen atoms in total. The van der Waals surface area contributed by atoms with E-state index in [1.54, 1.807) is 24.3 Å². The zero-order chi connectivity index (χ0) is 12.4. The number of rotatable bonds is 4. The predicted octanol–water partition coefficient (Wildman–Crippen LogP) is 0.143. The molecule has 1 aliphatic rings. The standard InChI is InChI=1S/C12H10NO4/c14-7-8(15)5-6-13-11(16)9-3-1-2-4-10(9)12(13)17/h1-4,8,15H,5-6H2. The van der Waals surface area contributed by atoms with Crippen LogP contribution in [0.3, 0.4) is 0 Å². The number of hydrogen-bond donors (Lipinski definition) is 1. The molecule has 1 aromatic carbocycles. The number of carbonyl (C=O) groups excluding carboxylic acids is 3. The molecule has 0 aromatic heterocycles. The van der Waals surface area contributed by atoms with Crippen molar-refractivity contribution in [2.75, 3.05) is 6.54 Å². The molecule has 0 spiro atoms. The second-order valence-corrected chi connectivity index (χ2v) is 3.73. The molecule has 1 heterocycles. The smallest absolute Gasteiger partial charge is 0.261 e. The number of aliphatic hydroxyl groups is 1. The van der Waals surface area contributed by atoms with Gasteiger partial charge >= 0.3 is 0 Å². The van der Waals surface area contributed by atoms with Crippen molar-refractivity contribution in [1.29, 1.82) is 0 Å². The summed E-state index contributed by atoms with van der Waals surface area (Å²) < 4.78 is 0. The maximum Gasteiger partial charge on any atom is 0.261 e. The van der Waals surface area contributed by atoms with E-state index in [0.717, 1.165) is 4.90 Å². The minimum atomic E-state index is -1.26. The molecule has 0 saturated carbocycles. The van der Waals surface area contributed by atoms with Gasteiger partial charge in [0.15, 0.2) is 0 Å². The zero-order valence-corrected chi connectivity index (χ0v) is 8.92. The van der Waals surface area contributed by atoms with Crippen molar-refractivity contribution in [3.05, 3.63) is 35.4 Å². The first-order chi connectivity index (χ1) is 8.15. The number of fused-ring (bicyclic) bond motifs is 1. The minimum absolute atomic E-state index is 0.00890. The maximum absolute atomic E-state index is 11.8. The van der Waals surface area contributed by atoms with E-state index in [4.69, 9.17) is 5.11 Å². The van der Waals surface area contributed by atoms with Crippen LogP contribution in [0.25, 0.3) is 0 Å². The van der Waals surface area contributed by atoms with Gasteiger partial charge in [0.1, 0.15) is 6.10 Å². The van der Waals surface area contributed by atoms with E-state index in [-0.39, 0.29) is 24.8 Å². The number of hydrogen-bond acceptors (Lipinski definition) is 4. The lowest BCUT2D eigenvalue weighted by Gasteiger charge is -2.13. The number of imide groups is 1. The van der Waals surface area contributed by atoms with Crippen molar-refractivity contribution in [3.63, 3.8) is 0 Å². The predicted molar refractivity (Wildman–Crippen MR) is 58.1 cm³/mol. The van der Waals surface area contributed by atoms with Crippen LogP contribution in [0.5, 0.6) is 0 Å². The second kappa shape index (κ2) is 4.47. The van der Waals surface area contributed by atoms with Gasteiger partial charge in [0.05, 0.1) is 11.1 Å². The van der Waals surface area contributed by atoms with Gasteiger partial charge in [-0.25, -0.2) is 0 Å². The molecule has 0 aliphatic carbocycles. The van der Waals surface area contributed by atoms with Crippen molar-refractivity contribution < 1.29 is 19.5 Å². The third kappa shape index (κ3) is 1.97. The molecule has 5 heteroatoms. The average molecular weight is 232 g/mol. The highest BCUT2D eigenvalue weighted by Gasteiger charge is 2.34. The molecule has 2 rings (SSSR count). The van der Waals surface area contributed by atoms with E-state index < -0.39 is 6.10 Å². The Kier molecular flexibility index (Phi) is 3.01. The Morgan fingerprint density at radius 1 is 1.18 bits per heavy atom. The van der Waals surface area contributed by atoms with E-state index in [9.17, 15) is 14.4 Å². The maximum atomic E-state index is 11.8. The van der Waals surface area contributed by atoms with E-state index in [2.05, 4.69) is 0 Å². The van der Waals surface area contributed by atoms with Crippen LogP contribution in [0, 0.1) is 0 Å². The summed E-state index contributed by atoms with van der Waals surface area (Å²) in [6.45, 7) is 0.0166. The Balaban J connectivity index is 2.16. The van der Waals surface area contributed by atoms with Crippen LogP contribution in [0.1, 0.15) is 27.1 Å². The Hall–Kier alpha value is -2.01. The first-order valence-electron chi connectivity index (χ1n) is 5.16. The molecule has 1 atom stereocenters. The summed E-state index contributed by atoms with van der Waals surface area (Å²) in [5.41, 5.74) is 0.726. The van der Waals surface area contributed by atoms with Crippen LogP contribution in [0.4, 0.5) is 0 Å². The van der Waals surface area contributed by atoms with E-state index >= 15 is 0 Å². The quantitative estimate of drug-likeness (QED) is 0.749. The van der Waals surface area contributed by atoms with Crippen LogP contribution in [-0.4, -0.2) is 40.8 Å². The van der Waals surface area contributed by atoms with E-state index in [1.165, 1.54) is 6.29 Å². The second-order valence-electron chi connectivity index (χ2n) is 3.73. The van der Waals surface area contributed by atoms with Crippen LogP contribution in [0.15, 0.2) is 24.3 Å². The average Bonchev–Trinajstić information content (AvgIpc) is 2.60. The van der Waals surface area contributed by atoms with Gasteiger partial charge in [-0.15, -0.1) is 0 Å². The fourth-order valence-corrected chi connectivity index (χ4v) is 1.75. The largest absolute Gasteiger partial charge is 0.385 e. The van der Waals surface area contributed by atoms with Gasteiger partial charge in [0.25, 0.3) is 11.8 Å². The molecule has 1 N–H and O–H groups in total. The minimum Gasteiger partial charge on any atom is -0.385 e. The monoisotopic (exact) mass is 232 g/mol. The summed E-state index contributed by atoms with van der Waals surface area (Å²) in [5.74, 6) is -0.771. The van der Waals surface area contributed by atoms with Gasteiger partial charge in [0, 0.05) is 6.54 Å². The summed E-state index contributed by atoms with van der Waals surface area (Å²) in [4.78, 5) is 34.8. The van der Waals surface area contributed by atoms with Gasteiger partial charge in [-0.05, 0) is 18.6 Å². The molecule has 1 aromatic rings. The number of amides is 2. The third-order valence-electron chi connectivity index (χ3n) is 2.64. The summed E-state index contributed by atoms with van der Waals surface area (Å²) >= 11 is 0. The molecule has 1 aliphatic heterocycles. The fourth-order valence-electron chi connectivity index (χ4n) is 1.75. The number of benzene rings is 1. The molecule has 0 fully saturated rings. The van der Waals surface area contributed by atoms with Crippen molar-refractivity contribution in [2.24, 2.45) is 0 Å². The first-order valence-corrected chi connectivity index (χ1v) is 5.16. The lowest BCUT2D eigenvalue weighted by atomic mass is 10.1. The Labute approximate surface area is 97.7 Å². The van der Waals surface area contributed by atoms with Gasteiger partial charge < -0.3 is 5.11 Å². The molecule has 87 valence electrons. The summed E-state index contributed by atoms with van der Waals surface area (Å²) in [6.07, 6.45) is 0.140. The highest BCUT2D eigenvalue weighted by molar-refractivity contribution is 6.21. The van der Waals surface area contributed by atoms with Crippen molar-refractivity contribution in [1.82, 2.24) is 4.90 Å². The molecule has 17 heavy (non-hydrogen) atoms. The first kappa shape index (κ1) is 11.5. The summed E-state index contributed by atoms with van der Waals surface area (Å²) in [5, 5.41) is 9.03. The molecule has 0 saturated heterocycles. The molecule has 1 radical (unpaired) electrons. The Morgan fingerprint density at radius 2 is 1.71 bits per heavy atom. The van der Waals surface area contributed by atoms with Crippen molar-refractivity contribution in [3.8, 4) is 0 Å². The molecular formula is C12H10NO4. The third-order valence-corrected chi connectivity index (χ3v) is 2.64. The highest BCUT2D eigenvalue weighted by Crippen LogP contribution is 2.22. The molecular weight excluding hydrogens is 222 g/mol. The van der Waals surface area contributed by atoms with Gasteiger partial charge in [0.2, 0.25) is 6.29 Å². The topological polar surface area (TPSA) is 74.7 Å². The molecule has 0 bridgehead atoms. The number of nitrogens with zero attached hydrogens (tertiary/aromatic N) is 1. The van der Waals surface area contributed by atoms with Gasteiger partial charge in [-0.2, -0.15) is 0 Å². The van der Waals surface area contributed by atoms with Crippen LogP contribution < -0.4 is 0 Å². The van der Waals surface area contributed by atoms with Crippen molar-refractivity contribution in [2.45, 2.75) is 12.5 Å². The van der Waals surface area contributed by atoms with Crippen LogP contribution >= 0.6 is 0 Å².